The van der Waals surface area contributed by atoms with Crippen molar-refractivity contribution >= 4 is 11.8 Å². The Labute approximate surface area is 104 Å². The summed E-state index contributed by atoms with van der Waals surface area (Å²) in [6.07, 6.45) is 3.77. The lowest BCUT2D eigenvalue weighted by atomic mass is 9.81. The summed E-state index contributed by atoms with van der Waals surface area (Å²) in [6.45, 7) is 6.39. The quantitative estimate of drug-likeness (QED) is 0.744. The number of unbranched alkanes of at least 4 members (excludes halogenated alkanes) is 1. The highest BCUT2D eigenvalue weighted by atomic mass is 16.2. The molecule has 1 saturated heterocycles. The van der Waals surface area contributed by atoms with Crippen LogP contribution in [0.25, 0.3) is 0 Å². The van der Waals surface area contributed by atoms with Crippen molar-refractivity contribution in [3.63, 3.8) is 0 Å². The van der Waals surface area contributed by atoms with E-state index in [0.717, 1.165) is 19.3 Å². The molecule has 0 radical (unpaired) electrons. The lowest BCUT2D eigenvalue weighted by Gasteiger charge is -2.38. The van der Waals surface area contributed by atoms with E-state index in [2.05, 4.69) is 6.92 Å². The Morgan fingerprint density at radius 2 is 1.82 bits per heavy atom. The maximum absolute atomic E-state index is 12.0. The molecular formula is C13H24N2O2. The van der Waals surface area contributed by atoms with E-state index in [1.54, 1.807) is 0 Å². The van der Waals surface area contributed by atoms with Gasteiger partial charge in [-0.25, -0.2) is 0 Å². The number of rotatable bonds is 5. The maximum atomic E-state index is 12.0. The second-order valence-electron chi connectivity index (χ2n) is 5.71. The fourth-order valence-corrected chi connectivity index (χ4v) is 2.39. The van der Waals surface area contributed by atoms with Crippen LogP contribution < -0.4 is 5.73 Å². The van der Waals surface area contributed by atoms with Gasteiger partial charge in [-0.15, -0.1) is 0 Å². The second-order valence-corrected chi connectivity index (χ2v) is 5.71. The fraction of sp³-hybridized carbons (Fsp3) is 0.846. The largest absolute Gasteiger partial charge is 0.328 e. The number of hydrogen-bond acceptors (Lipinski definition) is 3. The van der Waals surface area contributed by atoms with Crippen LogP contribution in [-0.4, -0.2) is 29.3 Å². The summed E-state index contributed by atoms with van der Waals surface area (Å²) < 4.78 is 0. The average molecular weight is 240 g/mol. The molecule has 1 heterocycles. The molecule has 17 heavy (non-hydrogen) atoms. The van der Waals surface area contributed by atoms with Crippen LogP contribution in [0.1, 0.15) is 52.9 Å². The van der Waals surface area contributed by atoms with E-state index in [-0.39, 0.29) is 23.3 Å². The molecule has 4 nitrogen and oxygen atoms in total. The van der Waals surface area contributed by atoms with Crippen LogP contribution in [0.2, 0.25) is 0 Å². The lowest BCUT2D eigenvalue weighted by Crippen LogP contribution is -2.53. The normalized spacial score (nSPS) is 21.8. The van der Waals surface area contributed by atoms with E-state index in [0.29, 0.717) is 19.4 Å². The zero-order valence-electron chi connectivity index (χ0n) is 11.2. The van der Waals surface area contributed by atoms with E-state index in [4.69, 9.17) is 5.73 Å². The smallest absolute Gasteiger partial charge is 0.230 e. The van der Waals surface area contributed by atoms with Crippen molar-refractivity contribution in [1.82, 2.24) is 4.90 Å². The molecule has 2 amide bonds. The van der Waals surface area contributed by atoms with Gasteiger partial charge in [0.1, 0.15) is 0 Å². The van der Waals surface area contributed by atoms with Crippen LogP contribution in [0.3, 0.4) is 0 Å². The first-order valence-electron chi connectivity index (χ1n) is 6.46. The molecule has 2 N–H and O–H groups in total. The molecule has 1 aliphatic rings. The molecule has 1 unspecified atom stereocenters. The van der Waals surface area contributed by atoms with Crippen molar-refractivity contribution in [2.75, 3.05) is 6.54 Å². The first-order chi connectivity index (χ1) is 7.91. The molecule has 0 aromatic heterocycles. The van der Waals surface area contributed by atoms with Crippen molar-refractivity contribution in [2.24, 2.45) is 11.1 Å². The summed E-state index contributed by atoms with van der Waals surface area (Å²) in [5, 5.41) is 0. The highest BCUT2D eigenvalue weighted by Gasteiger charge is 2.39. The Hall–Kier alpha value is -0.900. The SMILES string of the molecule is CCCCC(CN)N1C(=O)CC(C)(C)CC1=O. The molecule has 1 aliphatic heterocycles. The number of piperidine rings is 1. The molecule has 1 rings (SSSR count). The first-order valence-corrected chi connectivity index (χ1v) is 6.46. The number of nitrogens with zero attached hydrogens (tertiary/aromatic N) is 1. The second kappa shape index (κ2) is 5.63. The summed E-state index contributed by atoms with van der Waals surface area (Å²) in [5.74, 6) is -0.115. The van der Waals surface area contributed by atoms with Crippen molar-refractivity contribution in [3.05, 3.63) is 0 Å². The van der Waals surface area contributed by atoms with Gasteiger partial charge in [-0.1, -0.05) is 33.6 Å². The number of carbonyl (C=O) groups is 2. The molecule has 0 bridgehead atoms. The molecule has 1 fully saturated rings. The number of amides is 2. The summed E-state index contributed by atoms with van der Waals surface area (Å²) >= 11 is 0. The summed E-state index contributed by atoms with van der Waals surface area (Å²) in [4.78, 5) is 25.5. The number of nitrogens with two attached hydrogens (primary N) is 1. The molecule has 0 spiro atoms. The number of imide groups is 1. The predicted octanol–water partition coefficient (Wildman–Crippen LogP) is 1.68. The molecule has 0 aliphatic carbocycles. The monoisotopic (exact) mass is 240 g/mol. The van der Waals surface area contributed by atoms with Gasteiger partial charge in [-0.3, -0.25) is 14.5 Å². The Balaban J connectivity index is 2.75. The zero-order chi connectivity index (χ0) is 13.1. The Morgan fingerprint density at radius 1 is 1.29 bits per heavy atom. The van der Waals surface area contributed by atoms with Gasteiger partial charge in [0.05, 0.1) is 6.04 Å². The van der Waals surface area contributed by atoms with Crippen molar-refractivity contribution < 1.29 is 9.59 Å². The van der Waals surface area contributed by atoms with Crippen molar-refractivity contribution in [1.29, 1.82) is 0 Å². The van der Waals surface area contributed by atoms with Gasteiger partial charge in [0, 0.05) is 19.4 Å². The highest BCUT2D eigenvalue weighted by Crippen LogP contribution is 2.32. The first kappa shape index (κ1) is 14.2. The molecule has 0 saturated carbocycles. The highest BCUT2D eigenvalue weighted by molar-refractivity contribution is 5.98. The zero-order valence-corrected chi connectivity index (χ0v) is 11.2. The maximum Gasteiger partial charge on any atom is 0.230 e. The van der Waals surface area contributed by atoms with Gasteiger partial charge in [-0.05, 0) is 11.8 Å². The number of hydrogen-bond donors (Lipinski definition) is 1. The minimum absolute atomic E-state index is 0.0576. The third-order valence-electron chi connectivity index (χ3n) is 3.33. The summed E-state index contributed by atoms with van der Waals surface area (Å²) in [6, 6.07) is -0.106. The Kier molecular flexibility index (Phi) is 4.69. The third-order valence-corrected chi connectivity index (χ3v) is 3.33. The Morgan fingerprint density at radius 3 is 2.24 bits per heavy atom. The minimum atomic E-state index is -0.200. The topological polar surface area (TPSA) is 63.4 Å². The lowest BCUT2D eigenvalue weighted by molar-refractivity contribution is -0.155. The van der Waals surface area contributed by atoms with E-state index >= 15 is 0 Å². The molecule has 1 atom stereocenters. The average Bonchev–Trinajstić information content (AvgIpc) is 2.20. The van der Waals surface area contributed by atoms with Crippen LogP contribution >= 0.6 is 0 Å². The van der Waals surface area contributed by atoms with Crippen molar-refractivity contribution in [2.45, 2.75) is 58.9 Å². The van der Waals surface area contributed by atoms with Crippen LogP contribution in [0.4, 0.5) is 0 Å². The molecular weight excluding hydrogens is 216 g/mol. The van der Waals surface area contributed by atoms with E-state index in [1.807, 2.05) is 13.8 Å². The van der Waals surface area contributed by atoms with Crippen LogP contribution in [0, 0.1) is 5.41 Å². The van der Waals surface area contributed by atoms with Gasteiger partial charge < -0.3 is 5.73 Å². The van der Waals surface area contributed by atoms with E-state index in [9.17, 15) is 9.59 Å². The fourth-order valence-electron chi connectivity index (χ4n) is 2.39. The minimum Gasteiger partial charge on any atom is -0.328 e. The van der Waals surface area contributed by atoms with Gasteiger partial charge in [0.15, 0.2) is 0 Å². The third kappa shape index (κ3) is 3.53. The molecule has 98 valence electrons. The van der Waals surface area contributed by atoms with Crippen LogP contribution in [-0.2, 0) is 9.59 Å². The summed E-state index contributed by atoms with van der Waals surface area (Å²) in [5.41, 5.74) is 5.49. The standard InChI is InChI=1S/C13H24N2O2/c1-4-5-6-10(9-14)15-11(16)7-13(2,3)8-12(15)17/h10H,4-9,14H2,1-3H3. The van der Waals surface area contributed by atoms with Crippen LogP contribution in [0.5, 0.6) is 0 Å². The molecule has 0 aromatic carbocycles. The van der Waals surface area contributed by atoms with E-state index in [1.165, 1.54) is 4.90 Å². The number of carbonyl (C=O) groups excluding carboxylic acids is 2. The van der Waals surface area contributed by atoms with Gasteiger partial charge >= 0.3 is 0 Å². The van der Waals surface area contributed by atoms with E-state index < -0.39 is 0 Å². The van der Waals surface area contributed by atoms with Gasteiger partial charge in [0.2, 0.25) is 11.8 Å². The molecule has 4 heteroatoms. The number of likely N-dealkylation sites (tertiary alicyclic amines) is 1. The predicted molar refractivity (Wildman–Crippen MR) is 67.2 cm³/mol. The van der Waals surface area contributed by atoms with Gasteiger partial charge in [0.25, 0.3) is 0 Å². The molecule has 0 aromatic rings. The summed E-state index contributed by atoms with van der Waals surface area (Å²) in [7, 11) is 0. The van der Waals surface area contributed by atoms with Crippen molar-refractivity contribution in [3.8, 4) is 0 Å². The van der Waals surface area contributed by atoms with Crippen LogP contribution in [0.15, 0.2) is 0 Å². The van der Waals surface area contributed by atoms with Gasteiger partial charge in [-0.2, -0.15) is 0 Å². The Bertz CT molecular complexity index is 280.